The van der Waals surface area contributed by atoms with Gasteiger partial charge >= 0.3 is 0 Å². The molecule has 0 atom stereocenters. The first-order valence-electron chi connectivity index (χ1n) is 11.1. The van der Waals surface area contributed by atoms with E-state index >= 15 is 0 Å². The van der Waals surface area contributed by atoms with Crippen molar-refractivity contribution in [2.75, 3.05) is 19.5 Å². The van der Waals surface area contributed by atoms with Crippen molar-refractivity contribution in [3.05, 3.63) is 77.9 Å². The van der Waals surface area contributed by atoms with Crippen LogP contribution in [0.15, 0.2) is 75.2 Å². The molecule has 10 nitrogen and oxygen atoms in total. The quantitative estimate of drug-likeness (QED) is 0.281. The van der Waals surface area contributed by atoms with Gasteiger partial charge in [-0.1, -0.05) is 44.2 Å². The van der Waals surface area contributed by atoms with Gasteiger partial charge in [-0.2, -0.15) is 15.5 Å². The number of anilines is 1. The average Bonchev–Trinajstić information content (AvgIpc) is 3.49. The lowest BCUT2D eigenvalue weighted by atomic mass is 10.1. The van der Waals surface area contributed by atoms with E-state index in [1.807, 2.05) is 56.4 Å². The Balaban J connectivity index is 1.70. The van der Waals surface area contributed by atoms with Gasteiger partial charge in [-0.15, -0.1) is 0 Å². The van der Waals surface area contributed by atoms with Crippen LogP contribution in [-0.2, 0) is 10.0 Å². The number of hydrazone groups is 1. The average molecular weight is 504 g/mol. The molecule has 0 bridgehead atoms. The molecule has 0 spiro atoms. The fourth-order valence-electron chi connectivity index (χ4n) is 3.31. The summed E-state index contributed by atoms with van der Waals surface area (Å²) in [6, 6.07) is 18.1. The third kappa shape index (κ3) is 5.05. The van der Waals surface area contributed by atoms with Crippen molar-refractivity contribution in [3.63, 3.8) is 0 Å². The number of nitriles is 1. The van der Waals surface area contributed by atoms with Crippen molar-refractivity contribution >= 4 is 22.1 Å². The van der Waals surface area contributed by atoms with Gasteiger partial charge in [0.1, 0.15) is 11.8 Å². The number of oxazole rings is 1. The Morgan fingerprint density at radius 3 is 2.44 bits per heavy atom. The van der Waals surface area contributed by atoms with Gasteiger partial charge in [-0.3, -0.25) is 0 Å². The standard InChI is InChI=1S/C25H25N7O3S/c1-17(2)24-28-22(14-26)25(35-24)29-27-15-19-16-32(20-8-6-5-7-9-20)30-23(19)18-10-12-21(13-11-18)36(33,34)31(3)4/h5-13,15-17,29H,1-4H3/b27-15+. The predicted octanol–water partition coefficient (Wildman–Crippen LogP) is 4.22. The van der Waals surface area contributed by atoms with Gasteiger partial charge in [0.05, 0.1) is 16.8 Å². The van der Waals surface area contributed by atoms with Crippen molar-refractivity contribution in [2.45, 2.75) is 24.7 Å². The summed E-state index contributed by atoms with van der Waals surface area (Å²) in [6.45, 7) is 3.83. The van der Waals surface area contributed by atoms with Crippen molar-refractivity contribution < 1.29 is 12.8 Å². The largest absolute Gasteiger partial charge is 0.422 e. The van der Waals surface area contributed by atoms with Crippen molar-refractivity contribution in [1.29, 1.82) is 5.26 Å². The molecule has 0 saturated heterocycles. The molecule has 4 aromatic rings. The number of para-hydroxylation sites is 1. The van der Waals surface area contributed by atoms with Crippen LogP contribution in [0.4, 0.5) is 5.88 Å². The third-order valence-corrected chi connectivity index (χ3v) is 7.11. The first-order chi connectivity index (χ1) is 17.2. The molecule has 36 heavy (non-hydrogen) atoms. The van der Waals surface area contributed by atoms with Crippen LogP contribution in [0.1, 0.15) is 36.9 Å². The molecule has 0 fully saturated rings. The minimum Gasteiger partial charge on any atom is -0.422 e. The molecule has 2 aromatic heterocycles. The molecule has 0 saturated carbocycles. The lowest BCUT2D eigenvalue weighted by Crippen LogP contribution is -2.22. The predicted molar refractivity (Wildman–Crippen MR) is 136 cm³/mol. The summed E-state index contributed by atoms with van der Waals surface area (Å²) >= 11 is 0. The first kappa shape index (κ1) is 24.8. The minimum atomic E-state index is -3.55. The molecule has 2 aromatic carbocycles. The van der Waals surface area contributed by atoms with Crippen molar-refractivity contribution in [3.8, 4) is 23.0 Å². The number of benzene rings is 2. The molecule has 0 aliphatic heterocycles. The summed E-state index contributed by atoms with van der Waals surface area (Å²) in [5.41, 5.74) is 5.69. The monoisotopic (exact) mass is 503 g/mol. The van der Waals surface area contributed by atoms with E-state index in [4.69, 9.17) is 9.52 Å². The van der Waals surface area contributed by atoms with Crippen LogP contribution >= 0.6 is 0 Å². The first-order valence-corrected chi connectivity index (χ1v) is 12.5. The van der Waals surface area contributed by atoms with Gasteiger partial charge in [0.15, 0.2) is 0 Å². The zero-order valence-electron chi connectivity index (χ0n) is 20.2. The third-order valence-electron chi connectivity index (χ3n) is 5.28. The molecule has 0 aliphatic rings. The maximum absolute atomic E-state index is 12.4. The molecular weight excluding hydrogens is 478 g/mol. The van der Waals surface area contributed by atoms with Crippen LogP contribution in [0.2, 0.25) is 0 Å². The van der Waals surface area contributed by atoms with Gasteiger partial charge < -0.3 is 4.42 Å². The Morgan fingerprint density at radius 1 is 1.14 bits per heavy atom. The number of hydrogen-bond donors (Lipinski definition) is 1. The molecular formula is C25H25N7O3S. The van der Waals surface area contributed by atoms with Crippen LogP contribution in [0.5, 0.6) is 0 Å². The van der Waals surface area contributed by atoms with E-state index < -0.39 is 10.0 Å². The summed E-state index contributed by atoms with van der Waals surface area (Å²) in [6.07, 6.45) is 3.37. The van der Waals surface area contributed by atoms with E-state index in [0.717, 1.165) is 5.69 Å². The van der Waals surface area contributed by atoms with Crippen molar-refractivity contribution in [2.24, 2.45) is 5.10 Å². The minimum absolute atomic E-state index is 0.0200. The van der Waals surface area contributed by atoms with E-state index in [1.54, 1.807) is 35.2 Å². The highest BCUT2D eigenvalue weighted by molar-refractivity contribution is 7.89. The van der Waals surface area contributed by atoms with E-state index in [1.165, 1.54) is 18.4 Å². The SMILES string of the molecule is CC(C)c1nc(C#N)c(N/N=C/c2cn(-c3ccccc3)nc2-c2ccc(S(=O)(=O)N(C)C)cc2)o1. The van der Waals surface area contributed by atoms with E-state index in [-0.39, 0.29) is 22.4 Å². The second kappa shape index (κ2) is 10.2. The lowest BCUT2D eigenvalue weighted by Gasteiger charge is -2.11. The van der Waals surface area contributed by atoms with E-state index in [0.29, 0.717) is 22.7 Å². The summed E-state index contributed by atoms with van der Waals surface area (Å²) < 4.78 is 33.4. The van der Waals surface area contributed by atoms with E-state index in [2.05, 4.69) is 15.5 Å². The Bertz CT molecular complexity index is 1530. The second-order valence-corrected chi connectivity index (χ2v) is 10.5. The number of hydrogen-bond acceptors (Lipinski definition) is 8. The molecule has 11 heteroatoms. The summed E-state index contributed by atoms with van der Waals surface area (Å²) in [5.74, 6) is 0.619. The number of aromatic nitrogens is 3. The molecule has 0 aliphatic carbocycles. The molecule has 4 rings (SSSR count). The summed E-state index contributed by atoms with van der Waals surface area (Å²) in [4.78, 5) is 4.36. The Kier molecular flexibility index (Phi) is 7.00. The summed E-state index contributed by atoms with van der Waals surface area (Å²) in [5, 5.41) is 18.3. The molecule has 1 N–H and O–H groups in total. The Morgan fingerprint density at radius 2 is 1.83 bits per heavy atom. The van der Waals surface area contributed by atoms with Crippen LogP contribution in [0.3, 0.4) is 0 Å². The number of nitrogens with one attached hydrogen (secondary N) is 1. The number of rotatable bonds is 8. The van der Waals surface area contributed by atoms with Crippen LogP contribution in [0.25, 0.3) is 16.9 Å². The fraction of sp³-hybridized carbons (Fsp3) is 0.200. The van der Waals surface area contributed by atoms with Gasteiger partial charge in [0.25, 0.3) is 5.88 Å². The fourth-order valence-corrected chi connectivity index (χ4v) is 4.21. The van der Waals surface area contributed by atoms with Crippen LogP contribution in [0, 0.1) is 11.3 Å². The normalized spacial score (nSPS) is 11.9. The second-order valence-electron chi connectivity index (χ2n) is 8.39. The van der Waals surface area contributed by atoms with Crippen LogP contribution in [-0.4, -0.2) is 47.8 Å². The van der Waals surface area contributed by atoms with Crippen molar-refractivity contribution in [1.82, 2.24) is 19.1 Å². The lowest BCUT2D eigenvalue weighted by molar-refractivity contribution is 0.481. The van der Waals surface area contributed by atoms with Gasteiger partial charge in [-0.25, -0.2) is 27.8 Å². The van der Waals surface area contributed by atoms with Gasteiger partial charge in [-0.05, 0) is 24.3 Å². The number of nitrogens with zero attached hydrogens (tertiary/aromatic N) is 6. The highest BCUT2D eigenvalue weighted by atomic mass is 32.2. The Hall–Kier alpha value is -4.27. The maximum Gasteiger partial charge on any atom is 0.252 e. The topological polar surface area (TPSA) is 129 Å². The molecule has 0 radical (unpaired) electrons. The highest BCUT2D eigenvalue weighted by Gasteiger charge is 2.19. The van der Waals surface area contributed by atoms with Gasteiger partial charge in [0.2, 0.25) is 21.6 Å². The molecule has 0 unspecified atom stereocenters. The molecule has 2 heterocycles. The highest BCUT2D eigenvalue weighted by Crippen LogP contribution is 2.26. The van der Waals surface area contributed by atoms with Crippen LogP contribution < -0.4 is 5.43 Å². The maximum atomic E-state index is 12.4. The van der Waals surface area contributed by atoms with E-state index in [9.17, 15) is 13.7 Å². The zero-order valence-corrected chi connectivity index (χ0v) is 21.1. The molecule has 184 valence electrons. The Labute approximate surface area is 209 Å². The zero-order chi connectivity index (χ0) is 25.9. The van der Waals surface area contributed by atoms with Gasteiger partial charge in [0, 0.05) is 37.3 Å². The number of sulfonamides is 1. The smallest absolute Gasteiger partial charge is 0.252 e. The molecule has 0 amide bonds. The summed E-state index contributed by atoms with van der Waals surface area (Å²) in [7, 11) is -0.573.